The first kappa shape index (κ1) is 24.5. The summed E-state index contributed by atoms with van der Waals surface area (Å²) >= 11 is 6.37. The minimum absolute atomic E-state index is 0.0645. The number of amides is 1. The van der Waals surface area contributed by atoms with Crippen LogP contribution in [0.4, 0.5) is 15.0 Å². The van der Waals surface area contributed by atoms with Gasteiger partial charge in [0.05, 0.1) is 17.3 Å². The molecule has 9 heteroatoms. The van der Waals surface area contributed by atoms with Gasteiger partial charge in [0.2, 0.25) is 0 Å². The third-order valence-corrected chi connectivity index (χ3v) is 5.36. The fourth-order valence-corrected chi connectivity index (χ4v) is 3.86. The number of hydrogen-bond acceptors (Lipinski definition) is 6. The monoisotopic (exact) mass is 474 g/mol. The lowest BCUT2D eigenvalue weighted by molar-refractivity contribution is 0.0240. The number of ether oxygens (including phenoxy) is 2. The van der Waals surface area contributed by atoms with Gasteiger partial charge in [0.1, 0.15) is 30.1 Å². The number of benzene rings is 1. The second-order valence-electron chi connectivity index (χ2n) is 8.52. The van der Waals surface area contributed by atoms with Crippen LogP contribution in [0.2, 0.25) is 5.02 Å². The van der Waals surface area contributed by atoms with E-state index in [1.54, 1.807) is 46.2 Å². The molecule has 1 aromatic carbocycles. The molecule has 0 spiro atoms. The van der Waals surface area contributed by atoms with E-state index >= 15 is 4.39 Å². The Morgan fingerprint density at radius 1 is 1.42 bits per heavy atom. The van der Waals surface area contributed by atoms with Gasteiger partial charge in [-0.3, -0.25) is 9.89 Å². The highest BCUT2D eigenvalue weighted by Crippen LogP contribution is 2.36. The Morgan fingerprint density at radius 2 is 2.15 bits per heavy atom. The minimum atomic E-state index is -0.670. The Labute approximate surface area is 197 Å². The molecule has 1 aromatic heterocycles. The number of halogens is 2. The molecule has 2 heterocycles. The summed E-state index contributed by atoms with van der Waals surface area (Å²) < 4.78 is 26.6. The topological polar surface area (TPSA) is 90.0 Å². The van der Waals surface area contributed by atoms with E-state index < -0.39 is 17.5 Å². The van der Waals surface area contributed by atoms with Crippen molar-refractivity contribution < 1.29 is 18.7 Å². The molecule has 0 saturated heterocycles. The molecule has 2 N–H and O–H groups in total. The summed E-state index contributed by atoms with van der Waals surface area (Å²) in [6.07, 6.45) is 4.44. The van der Waals surface area contributed by atoms with Gasteiger partial charge in [0.25, 0.3) is 0 Å². The molecule has 1 aliphatic heterocycles. The summed E-state index contributed by atoms with van der Waals surface area (Å²) in [5.41, 5.74) is 7.01. The molecule has 0 saturated carbocycles. The average molecular weight is 475 g/mol. The first-order valence-corrected chi connectivity index (χ1v) is 11.0. The average Bonchev–Trinajstić information content (AvgIpc) is 2.75. The molecule has 0 radical (unpaired) electrons. The molecule has 0 unspecified atom stereocenters. The second-order valence-corrected chi connectivity index (χ2v) is 8.90. The normalized spacial score (nSPS) is 15.4. The van der Waals surface area contributed by atoms with Crippen LogP contribution in [0.3, 0.4) is 0 Å². The van der Waals surface area contributed by atoms with Crippen molar-refractivity contribution in [1.82, 2.24) is 9.88 Å². The predicted octanol–water partition coefficient (Wildman–Crippen LogP) is 5.58. The van der Waals surface area contributed by atoms with Crippen molar-refractivity contribution in [3.63, 3.8) is 0 Å². The fourth-order valence-electron chi connectivity index (χ4n) is 3.60. The quantitative estimate of drug-likeness (QED) is 0.584. The summed E-state index contributed by atoms with van der Waals surface area (Å²) in [6.45, 7) is 7.92. The maximum atomic E-state index is 15.5. The second kappa shape index (κ2) is 9.79. The van der Waals surface area contributed by atoms with E-state index in [0.29, 0.717) is 53.0 Å². The first-order chi connectivity index (χ1) is 15.6. The number of anilines is 1. The molecule has 1 aliphatic rings. The summed E-state index contributed by atoms with van der Waals surface area (Å²) in [6, 6.07) is 3.29. The Morgan fingerprint density at radius 3 is 2.79 bits per heavy atom. The van der Waals surface area contributed by atoms with Gasteiger partial charge in [-0.2, -0.15) is 0 Å². The van der Waals surface area contributed by atoms with Crippen molar-refractivity contribution in [3.05, 3.63) is 52.3 Å². The number of allylic oxidation sites excluding steroid dienone is 2. The van der Waals surface area contributed by atoms with E-state index in [2.05, 4.69) is 9.98 Å². The van der Waals surface area contributed by atoms with Gasteiger partial charge in [-0.25, -0.2) is 14.2 Å². The van der Waals surface area contributed by atoms with Crippen molar-refractivity contribution in [1.29, 1.82) is 0 Å². The van der Waals surface area contributed by atoms with Crippen LogP contribution in [0, 0.1) is 5.82 Å². The lowest BCUT2D eigenvalue weighted by Gasteiger charge is -2.32. The Balaban J connectivity index is 2.23. The van der Waals surface area contributed by atoms with Crippen LogP contribution in [0.25, 0.3) is 16.3 Å². The summed E-state index contributed by atoms with van der Waals surface area (Å²) in [4.78, 5) is 22.6. The van der Waals surface area contributed by atoms with Crippen LogP contribution in [0.15, 0.2) is 40.9 Å². The van der Waals surface area contributed by atoms with Crippen LogP contribution >= 0.6 is 11.6 Å². The number of carbonyl (C=O) groups is 1. The first-order valence-electron chi connectivity index (χ1n) is 10.6. The molecule has 3 rings (SSSR count). The number of rotatable bonds is 4. The molecule has 0 aliphatic carbocycles. The summed E-state index contributed by atoms with van der Waals surface area (Å²) in [7, 11) is 1.59. The summed E-state index contributed by atoms with van der Waals surface area (Å²) in [5, 5.41) is 1.03. The lowest BCUT2D eigenvalue weighted by atomic mass is 9.94. The molecule has 2 aromatic rings. The number of fused-ring (bicyclic) bond motifs is 1. The van der Waals surface area contributed by atoms with Gasteiger partial charge >= 0.3 is 6.09 Å². The van der Waals surface area contributed by atoms with Gasteiger partial charge in [-0.15, -0.1) is 0 Å². The van der Waals surface area contributed by atoms with Crippen LogP contribution in [-0.4, -0.2) is 48.0 Å². The number of nitrogen functional groups attached to an aromatic ring is 1. The van der Waals surface area contributed by atoms with Gasteiger partial charge in [0, 0.05) is 36.0 Å². The zero-order chi connectivity index (χ0) is 24.3. The standard InChI is InChI=1S/C24H28ClFN4O3/c1-6-15(19-13-32-8-7-30(19)23(31)33-24(2,3)4)18(11-28-5)16-9-14-10-20(27)29-12-17(14)21(25)22(16)26/h9-13H,6-8H2,1-5H3,(H2,27,29)/b18-15+,28-11?. The van der Waals surface area contributed by atoms with Crippen LogP contribution < -0.4 is 5.73 Å². The number of nitrogens with two attached hydrogens (primary N) is 1. The van der Waals surface area contributed by atoms with Crippen LogP contribution in [0.5, 0.6) is 0 Å². The van der Waals surface area contributed by atoms with E-state index in [4.69, 9.17) is 26.8 Å². The van der Waals surface area contributed by atoms with Crippen molar-refractivity contribution >= 4 is 46.1 Å². The molecule has 7 nitrogen and oxygen atoms in total. The van der Waals surface area contributed by atoms with Gasteiger partial charge in [0.15, 0.2) is 0 Å². The Hall–Kier alpha value is -3.13. The van der Waals surface area contributed by atoms with E-state index in [0.717, 1.165) is 0 Å². The van der Waals surface area contributed by atoms with Crippen LogP contribution in [0.1, 0.15) is 39.7 Å². The van der Waals surface area contributed by atoms with Gasteiger partial charge < -0.3 is 15.2 Å². The van der Waals surface area contributed by atoms with Gasteiger partial charge in [-0.1, -0.05) is 18.5 Å². The molecule has 0 bridgehead atoms. The molecular weight excluding hydrogens is 447 g/mol. The van der Waals surface area contributed by atoms with E-state index in [1.165, 1.54) is 17.4 Å². The highest BCUT2D eigenvalue weighted by atomic mass is 35.5. The smallest absolute Gasteiger partial charge is 0.415 e. The molecule has 0 fully saturated rings. The maximum Gasteiger partial charge on any atom is 0.415 e. The number of hydrogen-bond donors (Lipinski definition) is 1. The molecule has 1 amide bonds. The highest BCUT2D eigenvalue weighted by Gasteiger charge is 2.30. The van der Waals surface area contributed by atoms with Crippen molar-refractivity contribution in [3.8, 4) is 0 Å². The predicted molar refractivity (Wildman–Crippen MR) is 130 cm³/mol. The molecule has 33 heavy (non-hydrogen) atoms. The van der Waals surface area contributed by atoms with E-state index in [-0.39, 0.29) is 10.6 Å². The van der Waals surface area contributed by atoms with Crippen molar-refractivity contribution in [2.45, 2.75) is 39.7 Å². The third-order valence-electron chi connectivity index (χ3n) is 4.99. The third kappa shape index (κ3) is 5.27. The molecule has 176 valence electrons. The number of nitrogens with zero attached hydrogens (tertiary/aromatic N) is 3. The lowest BCUT2D eigenvalue weighted by Crippen LogP contribution is -2.40. The van der Waals surface area contributed by atoms with E-state index in [9.17, 15) is 4.79 Å². The molecular formula is C24H28ClFN4O3. The number of aliphatic imine (C=N–C) groups is 1. The van der Waals surface area contributed by atoms with Crippen molar-refractivity contribution in [2.24, 2.45) is 4.99 Å². The largest absolute Gasteiger partial charge is 0.497 e. The molecule has 0 atom stereocenters. The zero-order valence-electron chi connectivity index (χ0n) is 19.4. The Kier molecular flexibility index (Phi) is 7.27. The number of carbonyl (C=O) groups excluding carboxylic acids is 1. The minimum Gasteiger partial charge on any atom is -0.497 e. The summed E-state index contributed by atoms with van der Waals surface area (Å²) in [5.74, 6) is -0.321. The number of pyridine rings is 1. The number of aromatic nitrogens is 1. The zero-order valence-corrected chi connectivity index (χ0v) is 20.2. The van der Waals surface area contributed by atoms with Crippen molar-refractivity contribution in [2.75, 3.05) is 25.9 Å². The van der Waals surface area contributed by atoms with Crippen LogP contribution in [-0.2, 0) is 9.47 Å². The van der Waals surface area contributed by atoms with E-state index in [1.807, 2.05) is 6.92 Å². The maximum absolute atomic E-state index is 15.5. The fraction of sp³-hybridized carbons (Fsp3) is 0.375. The van der Waals surface area contributed by atoms with Gasteiger partial charge in [-0.05, 0) is 50.3 Å². The SMILES string of the molecule is CC/C(C1=COCCN1C(=O)OC(C)(C)C)=C(/C=NC)c1cc2cc(N)ncc2c(Cl)c1F. The highest BCUT2D eigenvalue weighted by molar-refractivity contribution is 6.36. The Bertz CT molecular complexity index is 1170.